The summed E-state index contributed by atoms with van der Waals surface area (Å²) < 4.78 is 1.04. The summed E-state index contributed by atoms with van der Waals surface area (Å²) in [5.41, 5.74) is 1.16. The Balaban J connectivity index is 2.15. The summed E-state index contributed by atoms with van der Waals surface area (Å²) in [4.78, 5) is 6.64. The minimum Gasteiger partial charge on any atom is -0.393 e. The quantitative estimate of drug-likeness (QED) is 0.850. The third-order valence-electron chi connectivity index (χ3n) is 2.72. The molecule has 82 valence electrons. The van der Waals surface area contributed by atoms with Gasteiger partial charge in [0.05, 0.1) is 10.6 Å². The zero-order valence-corrected chi connectivity index (χ0v) is 10.4. The molecule has 2 rings (SSSR count). The molecule has 0 amide bonds. The molecule has 0 atom stereocenters. The summed E-state index contributed by atoms with van der Waals surface area (Å²) in [7, 11) is 0. The summed E-state index contributed by atoms with van der Waals surface area (Å²) in [6, 6.07) is 2.08. The molecule has 0 aliphatic carbocycles. The molecule has 1 aromatic rings. The van der Waals surface area contributed by atoms with Gasteiger partial charge in [-0.25, -0.2) is 4.98 Å². The first kappa shape index (κ1) is 10.9. The van der Waals surface area contributed by atoms with Crippen LogP contribution in [0.2, 0.25) is 0 Å². The fourth-order valence-corrected chi connectivity index (χ4v) is 2.55. The summed E-state index contributed by atoms with van der Waals surface area (Å²) in [6.45, 7) is 3.80. The highest BCUT2D eigenvalue weighted by atomic mass is 79.9. The lowest BCUT2D eigenvalue weighted by molar-refractivity contribution is 0.145. The smallest absolute Gasteiger partial charge is 0.142 e. The van der Waals surface area contributed by atoms with Crippen molar-refractivity contribution in [2.24, 2.45) is 0 Å². The van der Waals surface area contributed by atoms with Crippen molar-refractivity contribution in [3.63, 3.8) is 0 Å². The van der Waals surface area contributed by atoms with Crippen molar-refractivity contribution in [1.82, 2.24) is 4.98 Å². The molecule has 0 saturated carbocycles. The van der Waals surface area contributed by atoms with Crippen LogP contribution in [0.1, 0.15) is 18.4 Å². The highest BCUT2D eigenvalue weighted by Crippen LogP contribution is 2.26. The first-order valence-corrected chi connectivity index (χ1v) is 6.01. The number of hydrogen-bond acceptors (Lipinski definition) is 3. The molecule has 2 heterocycles. The van der Waals surface area contributed by atoms with Crippen LogP contribution in [0.5, 0.6) is 0 Å². The first-order chi connectivity index (χ1) is 7.16. The maximum Gasteiger partial charge on any atom is 0.142 e. The fourth-order valence-electron chi connectivity index (χ4n) is 1.84. The molecule has 4 heteroatoms. The highest BCUT2D eigenvalue weighted by Gasteiger charge is 2.19. The number of halogens is 1. The van der Waals surface area contributed by atoms with Crippen molar-refractivity contribution < 1.29 is 5.11 Å². The molecule has 1 saturated heterocycles. The van der Waals surface area contributed by atoms with Crippen molar-refractivity contribution >= 4 is 21.7 Å². The number of aliphatic hydroxyl groups excluding tert-OH is 1. The predicted molar refractivity (Wildman–Crippen MR) is 64.1 cm³/mol. The maximum atomic E-state index is 9.43. The van der Waals surface area contributed by atoms with E-state index >= 15 is 0 Å². The third kappa shape index (κ3) is 2.49. The van der Waals surface area contributed by atoms with Gasteiger partial charge in [-0.15, -0.1) is 0 Å². The maximum absolute atomic E-state index is 9.43. The van der Waals surface area contributed by atoms with Gasteiger partial charge in [-0.3, -0.25) is 0 Å². The second-order valence-electron chi connectivity index (χ2n) is 4.04. The van der Waals surface area contributed by atoms with Crippen LogP contribution in [0.15, 0.2) is 16.7 Å². The number of hydrogen-bond donors (Lipinski definition) is 1. The Morgan fingerprint density at radius 1 is 1.47 bits per heavy atom. The van der Waals surface area contributed by atoms with Crippen molar-refractivity contribution in [1.29, 1.82) is 0 Å². The topological polar surface area (TPSA) is 36.4 Å². The molecule has 15 heavy (non-hydrogen) atoms. The van der Waals surface area contributed by atoms with E-state index in [4.69, 9.17) is 0 Å². The van der Waals surface area contributed by atoms with Crippen LogP contribution in [-0.2, 0) is 0 Å². The van der Waals surface area contributed by atoms with Gasteiger partial charge in [-0.05, 0) is 47.3 Å². The second-order valence-corrected chi connectivity index (χ2v) is 4.89. The number of aryl methyl sites for hydroxylation is 1. The number of anilines is 1. The van der Waals surface area contributed by atoms with Gasteiger partial charge in [0.25, 0.3) is 0 Å². The van der Waals surface area contributed by atoms with Crippen molar-refractivity contribution in [3.8, 4) is 0 Å². The van der Waals surface area contributed by atoms with Gasteiger partial charge in [-0.2, -0.15) is 0 Å². The molecule has 0 unspecified atom stereocenters. The van der Waals surface area contributed by atoms with Crippen LogP contribution in [0, 0.1) is 6.92 Å². The average Bonchev–Trinajstić information content (AvgIpc) is 2.20. The molecular formula is C11H15BrN2O. The summed E-state index contributed by atoms with van der Waals surface area (Å²) in [5, 5.41) is 9.43. The Labute approximate surface area is 98.3 Å². The average molecular weight is 271 g/mol. The molecule has 0 bridgehead atoms. The molecule has 1 N–H and O–H groups in total. The number of nitrogens with zero attached hydrogens (tertiary/aromatic N) is 2. The monoisotopic (exact) mass is 270 g/mol. The Bertz CT molecular complexity index is 348. The first-order valence-electron chi connectivity index (χ1n) is 5.22. The molecule has 1 fully saturated rings. The fraction of sp³-hybridized carbons (Fsp3) is 0.545. The molecule has 1 aliphatic rings. The number of aliphatic hydroxyl groups is 1. The predicted octanol–water partition coefficient (Wildman–Crippen LogP) is 2.11. The zero-order chi connectivity index (χ0) is 10.8. The summed E-state index contributed by atoms with van der Waals surface area (Å²) in [6.07, 6.45) is 3.42. The number of rotatable bonds is 1. The van der Waals surface area contributed by atoms with E-state index in [0.717, 1.165) is 41.8 Å². The molecule has 1 aromatic heterocycles. The van der Waals surface area contributed by atoms with Crippen molar-refractivity contribution in [3.05, 3.63) is 22.3 Å². The van der Waals surface area contributed by atoms with Gasteiger partial charge in [0.2, 0.25) is 0 Å². The van der Waals surface area contributed by atoms with E-state index < -0.39 is 0 Å². The van der Waals surface area contributed by atoms with Gasteiger partial charge in [0.1, 0.15) is 5.82 Å². The van der Waals surface area contributed by atoms with E-state index in [2.05, 4.69) is 31.9 Å². The minimum atomic E-state index is -0.134. The van der Waals surface area contributed by atoms with E-state index in [-0.39, 0.29) is 6.10 Å². The van der Waals surface area contributed by atoms with Gasteiger partial charge >= 0.3 is 0 Å². The molecule has 0 radical (unpaired) electrons. The van der Waals surface area contributed by atoms with E-state index in [1.54, 1.807) is 0 Å². The van der Waals surface area contributed by atoms with Gasteiger partial charge < -0.3 is 10.0 Å². The summed E-state index contributed by atoms with van der Waals surface area (Å²) >= 11 is 3.53. The van der Waals surface area contributed by atoms with Crippen LogP contribution < -0.4 is 4.90 Å². The van der Waals surface area contributed by atoms with Crippen LogP contribution in [0.4, 0.5) is 5.82 Å². The number of piperidine rings is 1. The molecule has 0 aromatic carbocycles. The lowest BCUT2D eigenvalue weighted by Crippen LogP contribution is -2.36. The second kappa shape index (κ2) is 4.49. The van der Waals surface area contributed by atoms with E-state index in [9.17, 15) is 5.11 Å². The summed E-state index contributed by atoms with van der Waals surface area (Å²) in [5.74, 6) is 0.993. The number of pyridine rings is 1. The van der Waals surface area contributed by atoms with Crippen LogP contribution in [0.25, 0.3) is 0 Å². The van der Waals surface area contributed by atoms with E-state index in [1.165, 1.54) is 0 Å². The SMILES string of the molecule is Cc1cnc(N2CCC(O)CC2)c(Br)c1. The largest absolute Gasteiger partial charge is 0.393 e. The Morgan fingerprint density at radius 2 is 2.13 bits per heavy atom. The van der Waals surface area contributed by atoms with Crippen molar-refractivity contribution in [2.75, 3.05) is 18.0 Å². The number of aromatic nitrogens is 1. The standard InChI is InChI=1S/C11H15BrN2O/c1-8-6-10(12)11(13-7-8)14-4-2-9(15)3-5-14/h6-7,9,15H,2-5H2,1H3. The molecular weight excluding hydrogens is 256 g/mol. The van der Waals surface area contributed by atoms with Crippen LogP contribution in [0.3, 0.4) is 0 Å². The zero-order valence-electron chi connectivity index (χ0n) is 8.78. The van der Waals surface area contributed by atoms with Gasteiger partial charge in [0.15, 0.2) is 0 Å². The van der Waals surface area contributed by atoms with Gasteiger partial charge in [-0.1, -0.05) is 0 Å². The highest BCUT2D eigenvalue weighted by molar-refractivity contribution is 9.10. The molecule has 0 spiro atoms. The van der Waals surface area contributed by atoms with Crippen LogP contribution in [-0.4, -0.2) is 29.3 Å². The van der Waals surface area contributed by atoms with Crippen LogP contribution >= 0.6 is 15.9 Å². The third-order valence-corrected chi connectivity index (χ3v) is 3.31. The van der Waals surface area contributed by atoms with Crippen molar-refractivity contribution in [2.45, 2.75) is 25.9 Å². The molecule has 1 aliphatic heterocycles. The molecule has 3 nitrogen and oxygen atoms in total. The van der Waals surface area contributed by atoms with E-state index in [0.29, 0.717) is 0 Å². The lowest BCUT2D eigenvalue weighted by Gasteiger charge is -2.31. The Hall–Kier alpha value is -0.610. The van der Waals surface area contributed by atoms with Gasteiger partial charge in [0, 0.05) is 19.3 Å². The van der Waals surface area contributed by atoms with E-state index in [1.807, 2.05) is 13.1 Å². The Kier molecular flexibility index (Phi) is 3.26. The Morgan fingerprint density at radius 3 is 2.73 bits per heavy atom. The minimum absolute atomic E-state index is 0.134. The normalized spacial score (nSPS) is 18.2. The lowest BCUT2D eigenvalue weighted by atomic mass is 10.1.